The molecule has 2 aromatic rings. The number of fused-ring (bicyclic) bond motifs is 1. The van der Waals surface area contributed by atoms with Gasteiger partial charge in [0.15, 0.2) is 5.65 Å². The number of carbonyl (C=O) groups excluding carboxylic acids is 1. The molecule has 24 heavy (non-hydrogen) atoms. The summed E-state index contributed by atoms with van der Waals surface area (Å²) in [6, 6.07) is 2.12. The first-order chi connectivity index (χ1) is 10.5. The van der Waals surface area contributed by atoms with Gasteiger partial charge in [0, 0.05) is 24.5 Å². The van der Waals surface area contributed by atoms with Gasteiger partial charge in [-0.3, -0.25) is 4.79 Å². The predicted molar refractivity (Wildman–Crippen MR) is 103 cm³/mol. The molecule has 0 bridgehead atoms. The van der Waals surface area contributed by atoms with Crippen molar-refractivity contribution in [1.82, 2.24) is 25.4 Å². The molecule has 0 saturated heterocycles. The van der Waals surface area contributed by atoms with Crippen LogP contribution in [0.25, 0.3) is 11.0 Å². The van der Waals surface area contributed by atoms with Crippen molar-refractivity contribution < 1.29 is 4.79 Å². The maximum Gasteiger partial charge on any atom is 0.253 e. The highest BCUT2D eigenvalue weighted by molar-refractivity contribution is 5.98. The maximum atomic E-state index is 12.3. The van der Waals surface area contributed by atoms with Crippen LogP contribution in [0.3, 0.4) is 0 Å². The second kappa shape index (κ2) is 10.5. The minimum absolute atomic E-state index is 0. The first-order valence-corrected chi connectivity index (χ1v) is 7.88. The Morgan fingerprint density at radius 2 is 1.96 bits per heavy atom. The van der Waals surface area contributed by atoms with Crippen LogP contribution in [0.1, 0.15) is 49.3 Å². The minimum Gasteiger partial charge on any atom is -0.351 e. The molecule has 0 saturated carbocycles. The van der Waals surface area contributed by atoms with E-state index < -0.39 is 0 Å². The van der Waals surface area contributed by atoms with E-state index in [2.05, 4.69) is 41.5 Å². The molecule has 0 aliphatic carbocycles. The summed E-state index contributed by atoms with van der Waals surface area (Å²) in [6.07, 6.45) is 2.86. The summed E-state index contributed by atoms with van der Waals surface area (Å²) in [5.41, 5.74) is 2.17. The Balaban J connectivity index is 0.00000264. The number of rotatable bonds is 7. The summed E-state index contributed by atoms with van der Waals surface area (Å²) in [5.74, 6) is -0.0810. The first kappa shape index (κ1) is 22.6. The molecule has 0 aromatic carbocycles. The number of aryl methyl sites for hydroxylation is 1. The van der Waals surface area contributed by atoms with Gasteiger partial charge in [-0.2, -0.15) is 5.10 Å². The number of hydrogen-bond donors (Lipinski definition) is 2. The smallest absolute Gasteiger partial charge is 0.253 e. The second-order valence-electron chi connectivity index (χ2n) is 5.72. The van der Waals surface area contributed by atoms with Crippen molar-refractivity contribution in [1.29, 1.82) is 0 Å². The van der Waals surface area contributed by atoms with E-state index >= 15 is 0 Å². The van der Waals surface area contributed by atoms with Crippen LogP contribution in [0.2, 0.25) is 0 Å². The summed E-state index contributed by atoms with van der Waals surface area (Å²) in [5, 5.41) is 11.4. The van der Waals surface area contributed by atoms with Crippen LogP contribution in [0, 0.1) is 6.92 Å². The Labute approximate surface area is 155 Å². The van der Waals surface area contributed by atoms with Crippen LogP contribution in [-0.4, -0.2) is 40.3 Å². The molecule has 2 N–H and O–H groups in total. The molecule has 136 valence electrons. The van der Waals surface area contributed by atoms with E-state index in [1.165, 1.54) is 0 Å². The molecule has 0 fully saturated rings. The van der Waals surface area contributed by atoms with Crippen LogP contribution < -0.4 is 10.6 Å². The summed E-state index contributed by atoms with van der Waals surface area (Å²) >= 11 is 0. The third-order valence-corrected chi connectivity index (χ3v) is 3.51. The van der Waals surface area contributed by atoms with Crippen molar-refractivity contribution >= 4 is 41.8 Å². The largest absolute Gasteiger partial charge is 0.351 e. The van der Waals surface area contributed by atoms with Gasteiger partial charge in [-0.1, -0.05) is 6.92 Å². The molecule has 0 spiro atoms. The Kier molecular flexibility index (Phi) is 9.89. The number of aromatic nitrogens is 3. The van der Waals surface area contributed by atoms with Crippen molar-refractivity contribution in [3.05, 3.63) is 23.5 Å². The van der Waals surface area contributed by atoms with Crippen LogP contribution in [0.4, 0.5) is 0 Å². The van der Waals surface area contributed by atoms with Gasteiger partial charge in [0.1, 0.15) is 0 Å². The van der Waals surface area contributed by atoms with Gasteiger partial charge in [0.05, 0.1) is 17.5 Å². The SMILES string of the molecule is CCCNCCNC(=O)c1cc2cnn(C(C)C)c2nc1C.Cl.Cl. The zero-order chi connectivity index (χ0) is 16.1. The van der Waals surface area contributed by atoms with Crippen LogP contribution in [0.15, 0.2) is 12.3 Å². The number of nitrogens with one attached hydrogen (secondary N) is 2. The Hall–Kier alpha value is -1.37. The molecule has 8 heteroatoms. The molecular weight excluding hydrogens is 349 g/mol. The van der Waals surface area contributed by atoms with Gasteiger partial charge in [-0.05, 0) is 39.8 Å². The zero-order valence-electron chi connectivity index (χ0n) is 14.6. The van der Waals surface area contributed by atoms with Crippen LogP contribution in [0.5, 0.6) is 0 Å². The van der Waals surface area contributed by atoms with Gasteiger partial charge in [0.25, 0.3) is 5.91 Å². The highest BCUT2D eigenvalue weighted by Gasteiger charge is 2.14. The van der Waals surface area contributed by atoms with Crippen molar-refractivity contribution in [3.8, 4) is 0 Å². The molecule has 0 aliphatic rings. The second-order valence-corrected chi connectivity index (χ2v) is 5.72. The number of pyridine rings is 1. The molecule has 0 radical (unpaired) electrons. The lowest BCUT2D eigenvalue weighted by atomic mass is 10.1. The number of hydrogen-bond acceptors (Lipinski definition) is 4. The predicted octanol–water partition coefficient (Wildman–Crippen LogP) is 2.89. The van der Waals surface area contributed by atoms with E-state index in [1.807, 2.05) is 17.7 Å². The zero-order valence-corrected chi connectivity index (χ0v) is 16.3. The average Bonchev–Trinajstić information content (AvgIpc) is 2.88. The Morgan fingerprint density at radius 3 is 2.58 bits per heavy atom. The number of nitrogens with zero attached hydrogens (tertiary/aromatic N) is 3. The van der Waals surface area contributed by atoms with Crippen molar-refractivity contribution in [2.75, 3.05) is 19.6 Å². The van der Waals surface area contributed by atoms with E-state index in [0.717, 1.165) is 36.2 Å². The van der Waals surface area contributed by atoms with E-state index in [-0.39, 0.29) is 36.8 Å². The molecule has 1 amide bonds. The number of amides is 1. The van der Waals surface area contributed by atoms with E-state index in [1.54, 1.807) is 6.20 Å². The number of halogens is 2. The van der Waals surface area contributed by atoms with Crippen molar-refractivity contribution in [3.63, 3.8) is 0 Å². The lowest BCUT2D eigenvalue weighted by molar-refractivity contribution is 0.0953. The molecule has 2 heterocycles. The quantitative estimate of drug-likeness (QED) is 0.729. The summed E-state index contributed by atoms with van der Waals surface area (Å²) in [7, 11) is 0. The highest BCUT2D eigenvalue weighted by atomic mass is 35.5. The lowest BCUT2D eigenvalue weighted by Crippen LogP contribution is -2.32. The molecule has 0 aliphatic heterocycles. The fraction of sp³-hybridized carbons (Fsp3) is 0.562. The normalized spacial score (nSPS) is 10.4. The van der Waals surface area contributed by atoms with Crippen molar-refractivity contribution in [2.45, 2.75) is 40.2 Å². The Morgan fingerprint density at radius 1 is 1.25 bits per heavy atom. The minimum atomic E-state index is -0.0810. The Bertz CT molecular complexity index is 657. The molecule has 2 aromatic heterocycles. The average molecular weight is 376 g/mol. The van der Waals surface area contributed by atoms with Crippen LogP contribution in [-0.2, 0) is 0 Å². The topological polar surface area (TPSA) is 71.8 Å². The van der Waals surface area contributed by atoms with E-state index in [9.17, 15) is 4.79 Å². The first-order valence-electron chi connectivity index (χ1n) is 7.88. The van der Waals surface area contributed by atoms with E-state index in [0.29, 0.717) is 12.1 Å². The fourth-order valence-electron chi connectivity index (χ4n) is 2.33. The van der Waals surface area contributed by atoms with Crippen molar-refractivity contribution in [2.24, 2.45) is 0 Å². The molecule has 0 unspecified atom stereocenters. The van der Waals surface area contributed by atoms with Gasteiger partial charge >= 0.3 is 0 Å². The molecular formula is C16H27Cl2N5O. The third-order valence-electron chi connectivity index (χ3n) is 3.51. The lowest BCUT2D eigenvalue weighted by Gasteiger charge is -2.10. The monoisotopic (exact) mass is 375 g/mol. The van der Waals surface area contributed by atoms with Gasteiger partial charge in [-0.15, -0.1) is 24.8 Å². The standard InChI is InChI=1S/C16H25N5O.2ClH/c1-5-6-17-7-8-18-16(22)14-9-13-10-19-21(11(2)3)15(13)20-12(14)4;;/h9-11,17H,5-8H2,1-4H3,(H,18,22);2*1H. The highest BCUT2D eigenvalue weighted by Crippen LogP contribution is 2.19. The van der Waals surface area contributed by atoms with Gasteiger partial charge in [-0.25, -0.2) is 9.67 Å². The van der Waals surface area contributed by atoms with E-state index in [4.69, 9.17) is 0 Å². The maximum absolute atomic E-state index is 12.3. The number of carbonyl (C=O) groups is 1. The van der Waals surface area contributed by atoms with Crippen LogP contribution >= 0.6 is 24.8 Å². The fourth-order valence-corrected chi connectivity index (χ4v) is 2.33. The van der Waals surface area contributed by atoms with Gasteiger partial charge < -0.3 is 10.6 Å². The third kappa shape index (κ3) is 5.33. The molecule has 2 rings (SSSR count). The summed E-state index contributed by atoms with van der Waals surface area (Å²) in [4.78, 5) is 16.8. The summed E-state index contributed by atoms with van der Waals surface area (Å²) in [6.45, 7) is 10.5. The van der Waals surface area contributed by atoms with Gasteiger partial charge in [0.2, 0.25) is 0 Å². The molecule has 0 atom stereocenters. The summed E-state index contributed by atoms with van der Waals surface area (Å²) < 4.78 is 1.87. The molecule has 6 nitrogen and oxygen atoms in total.